The van der Waals surface area contributed by atoms with Crippen molar-refractivity contribution in [2.24, 2.45) is 0 Å². The molecule has 0 spiro atoms. The number of hydrogen-bond acceptors (Lipinski definition) is 1. The van der Waals surface area contributed by atoms with Crippen molar-refractivity contribution in [3.63, 3.8) is 0 Å². The van der Waals surface area contributed by atoms with Crippen LogP contribution in [0.15, 0.2) is 24.3 Å². The Kier molecular flexibility index (Phi) is 9.06. The molecule has 1 aromatic carbocycles. The number of benzene rings is 1. The second-order valence-electron chi connectivity index (χ2n) is 1.44. The van der Waals surface area contributed by atoms with Crippen molar-refractivity contribution in [3.8, 4) is 0 Å². The summed E-state index contributed by atoms with van der Waals surface area (Å²) in [5, 5.41) is 0. The van der Waals surface area contributed by atoms with Crippen LogP contribution in [0, 0.1) is 6.07 Å². The first-order chi connectivity index (χ1) is 3.93. The molecule has 1 aromatic rings. The van der Waals surface area contributed by atoms with E-state index in [2.05, 4.69) is 6.07 Å². The summed E-state index contributed by atoms with van der Waals surface area (Å²) in [6, 6.07) is 9.81. The standard InChI is InChI=1S/C7H5O.BrH.Pd/c8-6-7-4-2-1-3-5-7;;/h1-4,6H;1H;/p-1. The molecular weight excluding hydrogens is 286 g/mol. The minimum atomic E-state index is 0. The molecule has 0 heterocycles. The molecule has 0 atom stereocenters. The number of halogens is 1. The first kappa shape index (κ1) is 12.7. The Morgan fingerprint density at radius 1 is 1.40 bits per heavy atom. The van der Waals surface area contributed by atoms with E-state index in [1.807, 2.05) is 6.07 Å². The van der Waals surface area contributed by atoms with Gasteiger partial charge in [0.2, 0.25) is 0 Å². The second kappa shape index (κ2) is 7.14. The first-order valence-corrected chi connectivity index (χ1v) is 2.35. The maximum atomic E-state index is 9.98. The van der Waals surface area contributed by atoms with Crippen LogP contribution in [0.5, 0.6) is 0 Å². The zero-order chi connectivity index (χ0) is 5.82. The Hall–Kier alpha value is 0.0323. The molecule has 0 aliphatic rings. The van der Waals surface area contributed by atoms with Gasteiger partial charge in [0.1, 0.15) is 0 Å². The third kappa shape index (κ3) is 3.95. The largest absolute Gasteiger partial charge is 1.00 e. The molecule has 0 N–H and O–H groups in total. The van der Waals surface area contributed by atoms with Crippen molar-refractivity contribution >= 4 is 6.29 Å². The zero-order valence-corrected chi connectivity index (χ0v) is 8.13. The van der Waals surface area contributed by atoms with E-state index in [-0.39, 0.29) is 37.4 Å². The molecule has 0 fully saturated rings. The summed E-state index contributed by atoms with van der Waals surface area (Å²) in [7, 11) is 0. The molecule has 0 aliphatic heterocycles. The van der Waals surface area contributed by atoms with Crippen molar-refractivity contribution in [2.75, 3.05) is 0 Å². The van der Waals surface area contributed by atoms with Crippen LogP contribution in [0.1, 0.15) is 10.4 Å². The third-order valence-corrected chi connectivity index (χ3v) is 0.860. The molecule has 0 saturated heterocycles. The van der Waals surface area contributed by atoms with Crippen molar-refractivity contribution in [1.29, 1.82) is 0 Å². The van der Waals surface area contributed by atoms with E-state index in [4.69, 9.17) is 0 Å². The fraction of sp³-hybridized carbons (Fsp3) is 0. The van der Waals surface area contributed by atoms with Gasteiger partial charge in [-0.3, -0.25) is 4.79 Å². The van der Waals surface area contributed by atoms with Crippen molar-refractivity contribution in [3.05, 3.63) is 35.9 Å². The number of carbonyl (C=O) groups is 1. The summed E-state index contributed by atoms with van der Waals surface area (Å²) in [6.07, 6.45) is 0.778. The van der Waals surface area contributed by atoms with Crippen LogP contribution in [-0.4, -0.2) is 6.29 Å². The van der Waals surface area contributed by atoms with Crippen LogP contribution >= 0.6 is 0 Å². The minimum Gasteiger partial charge on any atom is -1.00 e. The number of hydrogen-bond donors (Lipinski definition) is 0. The van der Waals surface area contributed by atoms with Crippen LogP contribution in [0.3, 0.4) is 0 Å². The Bertz CT molecular complexity index is 176. The van der Waals surface area contributed by atoms with E-state index in [1.54, 1.807) is 18.2 Å². The second-order valence-corrected chi connectivity index (χ2v) is 1.44. The van der Waals surface area contributed by atoms with Gasteiger partial charge in [-0.05, 0) is 6.07 Å². The molecule has 0 amide bonds. The first-order valence-electron chi connectivity index (χ1n) is 2.35. The van der Waals surface area contributed by atoms with Gasteiger partial charge in [-0.1, -0.05) is 24.3 Å². The van der Waals surface area contributed by atoms with E-state index in [0.29, 0.717) is 5.56 Å². The van der Waals surface area contributed by atoms with Gasteiger partial charge in [-0.25, -0.2) is 0 Å². The van der Waals surface area contributed by atoms with E-state index in [1.165, 1.54) is 0 Å². The molecular formula is C7H5BrOPd-. The quantitative estimate of drug-likeness (QED) is 0.445. The number of rotatable bonds is 1. The predicted molar refractivity (Wildman–Crippen MR) is 30.7 cm³/mol. The fourth-order valence-corrected chi connectivity index (χ4v) is 0.481. The van der Waals surface area contributed by atoms with Crippen LogP contribution in [0.4, 0.5) is 0 Å². The molecule has 1 radical (unpaired) electrons. The van der Waals surface area contributed by atoms with Gasteiger partial charge in [-0.15, -0.1) is 0 Å². The SMILES string of the molecule is O=Cc1[c]cccc1.[Br-].[Pd]. The molecule has 0 unspecified atom stereocenters. The maximum Gasteiger partial charge on any atom is 0.150 e. The number of aldehydes is 1. The molecule has 0 saturated carbocycles. The summed E-state index contributed by atoms with van der Waals surface area (Å²) >= 11 is 0. The van der Waals surface area contributed by atoms with Gasteiger partial charge in [0, 0.05) is 26.0 Å². The summed E-state index contributed by atoms with van der Waals surface area (Å²) in [5.41, 5.74) is 0.604. The normalized spacial score (nSPS) is 6.80. The van der Waals surface area contributed by atoms with E-state index < -0.39 is 0 Å². The number of carbonyl (C=O) groups excluding carboxylic acids is 1. The topological polar surface area (TPSA) is 17.1 Å². The van der Waals surface area contributed by atoms with Gasteiger partial charge in [0.15, 0.2) is 6.29 Å². The van der Waals surface area contributed by atoms with Crippen molar-refractivity contribution in [1.82, 2.24) is 0 Å². The van der Waals surface area contributed by atoms with E-state index in [0.717, 1.165) is 6.29 Å². The van der Waals surface area contributed by atoms with Crippen molar-refractivity contribution in [2.45, 2.75) is 0 Å². The summed E-state index contributed by atoms with van der Waals surface area (Å²) in [5.74, 6) is 0. The van der Waals surface area contributed by atoms with Crippen LogP contribution in [-0.2, 0) is 20.4 Å². The molecule has 10 heavy (non-hydrogen) atoms. The Labute approximate surface area is 84.2 Å². The molecule has 3 heteroatoms. The van der Waals surface area contributed by atoms with Gasteiger partial charge in [0.05, 0.1) is 0 Å². The van der Waals surface area contributed by atoms with Crippen LogP contribution in [0.25, 0.3) is 0 Å². The molecule has 0 aliphatic carbocycles. The monoisotopic (exact) mass is 290 g/mol. The molecule has 1 nitrogen and oxygen atoms in total. The summed E-state index contributed by atoms with van der Waals surface area (Å²) in [6.45, 7) is 0. The van der Waals surface area contributed by atoms with Crippen molar-refractivity contribution < 1.29 is 42.2 Å². The fourth-order valence-electron chi connectivity index (χ4n) is 0.481. The average molecular weight is 291 g/mol. The van der Waals surface area contributed by atoms with Gasteiger partial charge in [0.25, 0.3) is 0 Å². The van der Waals surface area contributed by atoms with Gasteiger partial charge < -0.3 is 17.0 Å². The summed E-state index contributed by atoms with van der Waals surface area (Å²) in [4.78, 5) is 9.98. The van der Waals surface area contributed by atoms with Gasteiger partial charge >= 0.3 is 0 Å². The van der Waals surface area contributed by atoms with Crippen LogP contribution in [0.2, 0.25) is 0 Å². The Balaban J connectivity index is 0. The summed E-state index contributed by atoms with van der Waals surface area (Å²) < 4.78 is 0. The minimum absolute atomic E-state index is 0. The third-order valence-electron chi connectivity index (χ3n) is 0.860. The Morgan fingerprint density at radius 3 is 2.40 bits per heavy atom. The maximum absolute atomic E-state index is 9.98. The molecule has 0 bridgehead atoms. The van der Waals surface area contributed by atoms with Gasteiger partial charge in [-0.2, -0.15) is 0 Å². The molecule has 1 rings (SSSR count). The van der Waals surface area contributed by atoms with E-state index >= 15 is 0 Å². The zero-order valence-electron chi connectivity index (χ0n) is 4.99. The van der Waals surface area contributed by atoms with E-state index in [9.17, 15) is 4.79 Å². The molecule has 57 valence electrons. The van der Waals surface area contributed by atoms with Crippen LogP contribution < -0.4 is 17.0 Å². The molecule has 0 aromatic heterocycles. The Morgan fingerprint density at radius 2 is 2.10 bits per heavy atom. The smallest absolute Gasteiger partial charge is 0.150 e. The average Bonchev–Trinajstić information content (AvgIpc) is 1.90. The predicted octanol–water partition coefficient (Wildman–Crippen LogP) is -1.70.